The van der Waals surface area contributed by atoms with Gasteiger partial charge in [-0.15, -0.1) is 0 Å². The largest absolute Gasteiger partial charge is 0.507 e. The Morgan fingerprint density at radius 3 is 2.60 bits per heavy atom. The second kappa shape index (κ2) is 5.19. The van der Waals surface area contributed by atoms with E-state index in [0.717, 1.165) is 15.9 Å². The summed E-state index contributed by atoms with van der Waals surface area (Å²) in [6, 6.07) is 6.08. The standard InChI is InChI=1S/C13H17IO/c14-12-7-6-11(9-13(12)15)8-10-4-2-1-3-5-10/h6-7,9-10,15H,1-5,8H2. The van der Waals surface area contributed by atoms with Crippen molar-refractivity contribution in [3.63, 3.8) is 0 Å². The summed E-state index contributed by atoms with van der Waals surface area (Å²) in [5.74, 6) is 1.28. The van der Waals surface area contributed by atoms with E-state index in [1.54, 1.807) is 0 Å². The molecule has 0 unspecified atom stereocenters. The Labute approximate surface area is 105 Å². The lowest BCUT2D eigenvalue weighted by molar-refractivity contribution is 0.356. The fourth-order valence-electron chi connectivity index (χ4n) is 2.41. The lowest BCUT2D eigenvalue weighted by Crippen LogP contribution is -2.09. The SMILES string of the molecule is Oc1cc(CC2CCCCC2)ccc1I. The summed E-state index contributed by atoms with van der Waals surface area (Å²) in [4.78, 5) is 0. The van der Waals surface area contributed by atoms with Gasteiger partial charge >= 0.3 is 0 Å². The summed E-state index contributed by atoms with van der Waals surface area (Å²) in [6.07, 6.45) is 8.07. The van der Waals surface area contributed by atoms with Crippen molar-refractivity contribution in [3.8, 4) is 5.75 Å². The molecule has 15 heavy (non-hydrogen) atoms. The molecule has 0 bridgehead atoms. The Morgan fingerprint density at radius 1 is 1.20 bits per heavy atom. The van der Waals surface area contributed by atoms with Gasteiger partial charge < -0.3 is 5.11 Å². The normalized spacial score (nSPS) is 17.9. The summed E-state index contributed by atoms with van der Waals surface area (Å²) >= 11 is 2.16. The molecule has 1 aromatic rings. The zero-order valence-corrected chi connectivity index (χ0v) is 11.0. The first kappa shape index (κ1) is 11.2. The van der Waals surface area contributed by atoms with Gasteiger partial charge in [0.15, 0.2) is 0 Å². The van der Waals surface area contributed by atoms with Crippen molar-refractivity contribution in [2.45, 2.75) is 38.5 Å². The first-order valence-electron chi connectivity index (χ1n) is 5.73. The quantitative estimate of drug-likeness (QED) is 0.814. The minimum absolute atomic E-state index is 0.434. The second-order valence-corrected chi connectivity index (χ2v) is 5.66. The van der Waals surface area contributed by atoms with Crippen LogP contribution in [0.3, 0.4) is 0 Å². The number of aromatic hydroxyl groups is 1. The number of hydrogen-bond donors (Lipinski definition) is 1. The molecule has 2 heteroatoms. The Bertz CT molecular complexity index is 329. The molecule has 1 nitrogen and oxygen atoms in total. The second-order valence-electron chi connectivity index (χ2n) is 4.49. The third-order valence-electron chi connectivity index (χ3n) is 3.26. The van der Waals surface area contributed by atoms with Crippen LogP contribution < -0.4 is 0 Å². The van der Waals surface area contributed by atoms with Gasteiger partial charge in [0.25, 0.3) is 0 Å². The predicted molar refractivity (Wildman–Crippen MR) is 71.1 cm³/mol. The number of benzene rings is 1. The van der Waals surface area contributed by atoms with Crippen LogP contribution >= 0.6 is 22.6 Å². The van der Waals surface area contributed by atoms with E-state index < -0.39 is 0 Å². The van der Waals surface area contributed by atoms with Crippen molar-refractivity contribution in [2.75, 3.05) is 0 Å². The van der Waals surface area contributed by atoms with Gasteiger partial charge in [0.05, 0.1) is 3.57 Å². The molecule has 0 amide bonds. The van der Waals surface area contributed by atoms with E-state index in [4.69, 9.17) is 0 Å². The highest BCUT2D eigenvalue weighted by molar-refractivity contribution is 14.1. The fourth-order valence-corrected chi connectivity index (χ4v) is 2.75. The highest BCUT2D eigenvalue weighted by atomic mass is 127. The van der Waals surface area contributed by atoms with E-state index in [0.29, 0.717) is 5.75 Å². The van der Waals surface area contributed by atoms with Crippen LogP contribution in [0.4, 0.5) is 0 Å². The van der Waals surface area contributed by atoms with Gasteiger partial charge in [0.1, 0.15) is 5.75 Å². The maximum absolute atomic E-state index is 9.62. The number of hydrogen-bond acceptors (Lipinski definition) is 1. The third kappa shape index (κ3) is 3.10. The average molecular weight is 316 g/mol. The summed E-state index contributed by atoms with van der Waals surface area (Å²) in [7, 11) is 0. The molecule has 0 radical (unpaired) electrons. The molecule has 1 aliphatic carbocycles. The Kier molecular flexibility index (Phi) is 3.89. The minimum Gasteiger partial charge on any atom is -0.507 e. The van der Waals surface area contributed by atoms with Crippen molar-refractivity contribution in [2.24, 2.45) is 5.92 Å². The van der Waals surface area contributed by atoms with Crippen molar-refractivity contribution < 1.29 is 5.11 Å². The van der Waals surface area contributed by atoms with E-state index in [9.17, 15) is 5.11 Å². The van der Waals surface area contributed by atoms with E-state index in [-0.39, 0.29) is 0 Å². The maximum atomic E-state index is 9.62. The highest BCUT2D eigenvalue weighted by Gasteiger charge is 2.14. The molecule has 2 rings (SSSR count). The van der Waals surface area contributed by atoms with Gasteiger partial charge in [-0.2, -0.15) is 0 Å². The van der Waals surface area contributed by atoms with Crippen LogP contribution in [-0.4, -0.2) is 5.11 Å². The zero-order valence-electron chi connectivity index (χ0n) is 8.88. The first-order chi connectivity index (χ1) is 7.25. The first-order valence-corrected chi connectivity index (χ1v) is 6.81. The Morgan fingerprint density at radius 2 is 1.93 bits per heavy atom. The Balaban J connectivity index is 2.00. The molecule has 1 saturated carbocycles. The van der Waals surface area contributed by atoms with Crippen LogP contribution in [0.2, 0.25) is 0 Å². The van der Waals surface area contributed by atoms with Crippen LogP contribution in [0, 0.1) is 9.49 Å². The van der Waals surface area contributed by atoms with Crippen LogP contribution in [0.25, 0.3) is 0 Å². The van der Waals surface area contributed by atoms with E-state index >= 15 is 0 Å². The zero-order chi connectivity index (χ0) is 10.7. The molecule has 0 saturated heterocycles. The minimum atomic E-state index is 0.434. The van der Waals surface area contributed by atoms with Gasteiger partial charge in [-0.3, -0.25) is 0 Å². The molecular weight excluding hydrogens is 299 g/mol. The van der Waals surface area contributed by atoms with Crippen molar-refractivity contribution >= 4 is 22.6 Å². The van der Waals surface area contributed by atoms with Crippen LogP contribution in [-0.2, 0) is 6.42 Å². The van der Waals surface area contributed by atoms with Crippen molar-refractivity contribution in [1.29, 1.82) is 0 Å². The van der Waals surface area contributed by atoms with Crippen LogP contribution in [0.5, 0.6) is 5.75 Å². The molecule has 82 valence electrons. The van der Waals surface area contributed by atoms with E-state index in [2.05, 4.69) is 28.7 Å². The summed E-state index contributed by atoms with van der Waals surface area (Å²) in [5, 5.41) is 9.62. The molecule has 0 spiro atoms. The number of halogens is 1. The van der Waals surface area contributed by atoms with Gasteiger partial charge in [0, 0.05) is 0 Å². The fraction of sp³-hybridized carbons (Fsp3) is 0.538. The van der Waals surface area contributed by atoms with Gasteiger partial charge in [0.2, 0.25) is 0 Å². The monoisotopic (exact) mass is 316 g/mol. The van der Waals surface area contributed by atoms with Crippen molar-refractivity contribution in [1.82, 2.24) is 0 Å². The average Bonchev–Trinajstić information content (AvgIpc) is 2.25. The molecule has 1 fully saturated rings. The van der Waals surface area contributed by atoms with E-state index in [1.807, 2.05) is 12.1 Å². The molecule has 0 atom stereocenters. The molecule has 0 heterocycles. The molecule has 0 aromatic heterocycles. The molecule has 1 aliphatic rings. The summed E-state index contributed by atoms with van der Waals surface area (Å²) < 4.78 is 0.944. The topological polar surface area (TPSA) is 20.2 Å². The highest BCUT2D eigenvalue weighted by Crippen LogP contribution is 2.28. The van der Waals surface area contributed by atoms with Crippen molar-refractivity contribution in [3.05, 3.63) is 27.3 Å². The van der Waals surface area contributed by atoms with E-state index in [1.165, 1.54) is 37.7 Å². The number of rotatable bonds is 2. The number of phenols is 1. The molecule has 1 aromatic carbocycles. The summed E-state index contributed by atoms with van der Waals surface area (Å²) in [6.45, 7) is 0. The predicted octanol–water partition coefficient (Wildman–Crippen LogP) is 4.12. The van der Waals surface area contributed by atoms with Gasteiger partial charge in [-0.1, -0.05) is 38.2 Å². The maximum Gasteiger partial charge on any atom is 0.129 e. The lowest BCUT2D eigenvalue weighted by atomic mass is 9.85. The molecular formula is C13H17IO. The third-order valence-corrected chi connectivity index (χ3v) is 4.17. The Hall–Kier alpha value is -0.250. The smallest absolute Gasteiger partial charge is 0.129 e. The number of phenolic OH excluding ortho intramolecular Hbond substituents is 1. The van der Waals surface area contributed by atoms with Crippen LogP contribution in [0.1, 0.15) is 37.7 Å². The lowest BCUT2D eigenvalue weighted by Gasteiger charge is -2.21. The van der Waals surface area contributed by atoms with Gasteiger partial charge in [-0.25, -0.2) is 0 Å². The summed E-state index contributed by atoms with van der Waals surface area (Å²) in [5.41, 5.74) is 1.29. The van der Waals surface area contributed by atoms with Gasteiger partial charge in [-0.05, 0) is 52.6 Å². The molecule has 0 aliphatic heterocycles. The van der Waals surface area contributed by atoms with Crippen LogP contribution in [0.15, 0.2) is 18.2 Å². The molecule has 1 N–H and O–H groups in total.